The maximum atomic E-state index is 3.34. The van der Waals surface area contributed by atoms with Crippen LogP contribution in [-0.2, 0) is 0 Å². The van der Waals surface area contributed by atoms with Crippen molar-refractivity contribution in [3.63, 3.8) is 0 Å². The van der Waals surface area contributed by atoms with E-state index in [9.17, 15) is 0 Å². The first-order valence-corrected chi connectivity index (χ1v) is 9.92. The van der Waals surface area contributed by atoms with E-state index in [1.165, 1.54) is 5.56 Å². The third-order valence-corrected chi connectivity index (χ3v) is 3.45. The first kappa shape index (κ1) is 13.2. The summed E-state index contributed by atoms with van der Waals surface area (Å²) in [7, 11) is -1.19. The normalized spacial score (nSPS) is 11.2. The average Bonchev–Trinajstić information content (AvgIpc) is 2.23. The van der Waals surface area contributed by atoms with Crippen LogP contribution >= 0.6 is 11.8 Å². The lowest BCUT2D eigenvalue weighted by atomic mass is 10.2. The Morgan fingerprint density at radius 2 is 1.88 bits per heavy atom. The Bertz CT molecular complexity index is 390. The zero-order valence-electron chi connectivity index (χ0n) is 10.2. The Hall–Kier alpha value is -0.913. The van der Waals surface area contributed by atoms with E-state index >= 15 is 0 Å². The van der Waals surface area contributed by atoms with E-state index in [2.05, 4.69) is 66.9 Å². The molecule has 0 saturated carbocycles. The minimum atomic E-state index is -1.19. The van der Waals surface area contributed by atoms with Gasteiger partial charge in [0.15, 0.2) is 0 Å². The van der Waals surface area contributed by atoms with E-state index in [0.29, 0.717) is 0 Å². The Morgan fingerprint density at radius 3 is 2.50 bits per heavy atom. The van der Waals surface area contributed by atoms with Crippen LogP contribution in [0.1, 0.15) is 5.56 Å². The van der Waals surface area contributed by atoms with E-state index in [1.54, 1.807) is 11.8 Å². The summed E-state index contributed by atoms with van der Waals surface area (Å²) in [5, 5.41) is 3.19. The van der Waals surface area contributed by atoms with Crippen LogP contribution in [0.15, 0.2) is 36.4 Å². The molecule has 0 amide bonds. The molecule has 1 rings (SSSR count). The van der Waals surface area contributed by atoms with E-state index in [4.69, 9.17) is 0 Å². The summed E-state index contributed by atoms with van der Waals surface area (Å²) in [6.07, 6.45) is 4.31. The largest absolute Gasteiger partial charge is 0.130 e. The van der Waals surface area contributed by atoms with E-state index in [-0.39, 0.29) is 0 Å². The molecule has 0 aliphatic carbocycles. The van der Waals surface area contributed by atoms with E-state index in [1.807, 2.05) is 6.07 Å². The highest BCUT2D eigenvalue weighted by Crippen LogP contribution is 2.05. The molecule has 0 spiro atoms. The number of rotatable bonds is 3. The molecule has 1 aromatic carbocycles. The molecule has 0 heterocycles. The fourth-order valence-corrected chi connectivity index (χ4v) is 2.82. The highest BCUT2D eigenvalue weighted by atomic mass is 32.2. The molecule has 0 saturated heterocycles. The Balaban J connectivity index is 2.31. The van der Waals surface area contributed by atoms with Gasteiger partial charge in [-0.1, -0.05) is 73.9 Å². The van der Waals surface area contributed by atoms with Gasteiger partial charge in [0.2, 0.25) is 0 Å². The SMILES string of the molecule is C[Si](C)(C)C#CSC/C=C/c1ccccc1. The van der Waals surface area contributed by atoms with Crippen molar-refractivity contribution in [2.45, 2.75) is 19.6 Å². The summed E-state index contributed by atoms with van der Waals surface area (Å²) in [6.45, 7) is 6.79. The van der Waals surface area contributed by atoms with Crippen LogP contribution < -0.4 is 0 Å². The topological polar surface area (TPSA) is 0 Å². The number of benzene rings is 1. The molecule has 0 aliphatic rings. The molecule has 1 aromatic rings. The summed E-state index contributed by atoms with van der Waals surface area (Å²) in [4.78, 5) is 0. The zero-order chi connectivity index (χ0) is 11.9. The summed E-state index contributed by atoms with van der Waals surface area (Å²) < 4.78 is 0. The quantitative estimate of drug-likeness (QED) is 0.436. The molecule has 0 N–H and O–H groups in total. The van der Waals surface area contributed by atoms with Gasteiger partial charge in [0, 0.05) is 5.75 Å². The standard InChI is InChI=1S/C14H18SSi/c1-16(2,3)13-12-15-11-7-10-14-8-5-4-6-9-14/h4-10H,11H2,1-3H3/b10-7+. The summed E-state index contributed by atoms with van der Waals surface area (Å²) in [5.41, 5.74) is 4.59. The molecule has 0 radical (unpaired) electrons. The Morgan fingerprint density at radius 1 is 1.19 bits per heavy atom. The second-order valence-corrected chi connectivity index (χ2v) is 10.2. The monoisotopic (exact) mass is 246 g/mol. The molecule has 84 valence electrons. The molecule has 0 aliphatic heterocycles. The van der Waals surface area contributed by atoms with Crippen molar-refractivity contribution in [2.75, 3.05) is 5.75 Å². The molecule has 0 unspecified atom stereocenters. The molecular formula is C14H18SSi. The minimum Gasteiger partial charge on any atom is -0.120 e. The lowest BCUT2D eigenvalue weighted by molar-refractivity contribution is 1.65. The molecule has 0 nitrogen and oxygen atoms in total. The molecule has 0 fully saturated rings. The molecule has 0 bridgehead atoms. The minimum absolute atomic E-state index is 0.965. The predicted octanol–water partition coefficient (Wildman–Crippen LogP) is 4.27. The second kappa shape index (κ2) is 6.62. The van der Waals surface area contributed by atoms with Gasteiger partial charge in [0.1, 0.15) is 8.07 Å². The lowest BCUT2D eigenvalue weighted by Gasteiger charge is -2.02. The van der Waals surface area contributed by atoms with Crippen molar-refractivity contribution in [1.82, 2.24) is 0 Å². The highest BCUT2D eigenvalue weighted by Gasteiger charge is 2.06. The highest BCUT2D eigenvalue weighted by molar-refractivity contribution is 8.04. The number of hydrogen-bond acceptors (Lipinski definition) is 1. The van der Waals surface area contributed by atoms with Gasteiger partial charge in [-0.25, -0.2) is 0 Å². The maximum Gasteiger partial charge on any atom is 0.130 e. The van der Waals surface area contributed by atoms with Gasteiger partial charge >= 0.3 is 0 Å². The van der Waals surface area contributed by atoms with Gasteiger partial charge in [0.25, 0.3) is 0 Å². The summed E-state index contributed by atoms with van der Waals surface area (Å²) >= 11 is 1.69. The van der Waals surface area contributed by atoms with Crippen LogP contribution in [0.3, 0.4) is 0 Å². The average molecular weight is 246 g/mol. The van der Waals surface area contributed by atoms with Gasteiger partial charge in [-0.3, -0.25) is 0 Å². The van der Waals surface area contributed by atoms with Crippen molar-refractivity contribution < 1.29 is 0 Å². The van der Waals surface area contributed by atoms with Crippen LogP contribution in [0.25, 0.3) is 6.08 Å². The van der Waals surface area contributed by atoms with Crippen molar-refractivity contribution in [2.24, 2.45) is 0 Å². The number of hydrogen-bond donors (Lipinski definition) is 0. The first-order chi connectivity index (χ1) is 7.58. The molecular weight excluding hydrogens is 228 g/mol. The fraction of sp³-hybridized carbons (Fsp3) is 0.286. The van der Waals surface area contributed by atoms with Crippen molar-refractivity contribution in [3.8, 4) is 10.8 Å². The zero-order valence-corrected chi connectivity index (χ0v) is 12.0. The third kappa shape index (κ3) is 6.55. The van der Waals surface area contributed by atoms with Gasteiger partial charge in [-0.2, -0.15) is 0 Å². The maximum absolute atomic E-state index is 3.34. The van der Waals surface area contributed by atoms with Crippen molar-refractivity contribution in [1.29, 1.82) is 0 Å². The van der Waals surface area contributed by atoms with Crippen LogP contribution in [-0.4, -0.2) is 13.8 Å². The van der Waals surface area contributed by atoms with Crippen molar-refractivity contribution >= 4 is 25.9 Å². The van der Waals surface area contributed by atoms with Gasteiger partial charge in [0.05, 0.1) is 0 Å². The van der Waals surface area contributed by atoms with Crippen LogP contribution in [0.2, 0.25) is 19.6 Å². The lowest BCUT2D eigenvalue weighted by Crippen LogP contribution is -2.15. The molecule has 2 heteroatoms. The summed E-state index contributed by atoms with van der Waals surface area (Å²) in [6, 6.07) is 10.4. The van der Waals surface area contributed by atoms with Gasteiger partial charge < -0.3 is 0 Å². The molecule has 16 heavy (non-hydrogen) atoms. The smallest absolute Gasteiger partial charge is 0.120 e. The van der Waals surface area contributed by atoms with Gasteiger partial charge in [-0.05, 0) is 10.8 Å². The van der Waals surface area contributed by atoms with E-state index < -0.39 is 8.07 Å². The van der Waals surface area contributed by atoms with Crippen LogP contribution in [0.5, 0.6) is 0 Å². The first-order valence-electron chi connectivity index (χ1n) is 5.43. The van der Waals surface area contributed by atoms with Gasteiger partial charge in [-0.15, -0.1) is 5.54 Å². The van der Waals surface area contributed by atoms with Crippen molar-refractivity contribution in [3.05, 3.63) is 42.0 Å². The second-order valence-electron chi connectivity index (χ2n) is 4.60. The van der Waals surface area contributed by atoms with E-state index in [0.717, 1.165) is 5.75 Å². The van der Waals surface area contributed by atoms with Crippen LogP contribution in [0, 0.1) is 10.8 Å². The molecule has 0 atom stereocenters. The Labute approximate surface area is 104 Å². The summed E-state index contributed by atoms with van der Waals surface area (Å²) in [5.74, 6) is 0.965. The third-order valence-electron chi connectivity index (χ3n) is 1.79. The van der Waals surface area contributed by atoms with Crippen LogP contribution in [0.4, 0.5) is 0 Å². The fourth-order valence-electron chi connectivity index (χ4n) is 1.03. The predicted molar refractivity (Wildman–Crippen MR) is 79.1 cm³/mol. The molecule has 0 aromatic heterocycles. The Kier molecular flexibility index (Phi) is 5.44. The number of thioether (sulfide) groups is 1.